The summed E-state index contributed by atoms with van der Waals surface area (Å²) in [6, 6.07) is 17.8. The van der Waals surface area contributed by atoms with Crippen LogP contribution < -0.4 is 5.32 Å². The Labute approximate surface area is 175 Å². The molecule has 0 unspecified atom stereocenters. The Balaban J connectivity index is 1.60. The van der Waals surface area contributed by atoms with E-state index in [0.717, 1.165) is 30.0 Å². The van der Waals surface area contributed by atoms with E-state index in [1.807, 2.05) is 36.4 Å². The molecular formula is C22H21ClN2O3S. The number of carbonyl (C=O) groups is 1. The minimum Gasteiger partial charge on any atom is -0.322 e. The molecule has 3 aromatic carbocycles. The quantitative estimate of drug-likeness (QED) is 0.641. The molecule has 3 aromatic rings. The lowest BCUT2D eigenvalue weighted by atomic mass is 10.1. The molecule has 0 atom stereocenters. The van der Waals surface area contributed by atoms with Gasteiger partial charge in [0.05, 0.1) is 5.02 Å². The number of rotatable bonds is 4. The molecule has 0 saturated carbocycles. The summed E-state index contributed by atoms with van der Waals surface area (Å²) in [5, 5.41) is 4.95. The largest absolute Gasteiger partial charge is 0.322 e. The van der Waals surface area contributed by atoms with Gasteiger partial charge in [-0.2, -0.15) is 4.31 Å². The molecule has 29 heavy (non-hydrogen) atoms. The maximum Gasteiger partial charge on any atom is 0.255 e. The summed E-state index contributed by atoms with van der Waals surface area (Å²) in [6.45, 7) is 0.985. The van der Waals surface area contributed by atoms with Gasteiger partial charge < -0.3 is 5.32 Å². The van der Waals surface area contributed by atoms with Crippen molar-refractivity contribution < 1.29 is 13.2 Å². The third-order valence-electron chi connectivity index (χ3n) is 5.13. The summed E-state index contributed by atoms with van der Waals surface area (Å²) in [5.41, 5.74) is 0.891. The lowest BCUT2D eigenvalue weighted by Gasteiger charge is -2.26. The number of carbonyl (C=O) groups excluding carboxylic acids is 1. The van der Waals surface area contributed by atoms with E-state index in [0.29, 0.717) is 24.3 Å². The van der Waals surface area contributed by atoms with Gasteiger partial charge in [-0.3, -0.25) is 4.79 Å². The van der Waals surface area contributed by atoms with Crippen molar-refractivity contribution in [3.05, 3.63) is 71.2 Å². The molecule has 0 aliphatic carbocycles. The first-order valence-electron chi connectivity index (χ1n) is 9.55. The zero-order valence-electron chi connectivity index (χ0n) is 15.8. The number of halogens is 1. The number of anilines is 1. The third kappa shape index (κ3) is 4.15. The predicted octanol–water partition coefficient (Wildman–Crippen LogP) is 4.92. The lowest BCUT2D eigenvalue weighted by Crippen LogP contribution is -2.35. The molecular weight excluding hydrogens is 408 g/mol. The maximum atomic E-state index is 13.0. The topological polar surface area (TPSA) is 66.5 Å². The van der Waals surface area contributed by atoms with E-state index in [-0.39, 0.29) is 15.8 Å². The lowest BCUT2D eigenvalue weighted by molar-refractivity contribution is 0.102. The van der Waals surface area contributed by atoms with Crippen LogP contribution >= 0.6 is 11.6 Å². The number of fused-ring (bicyclic) bond motifs is 1. The van der Waals surface area contributed by atoms with E-state index in [1.54, 1.807) is 12.1 Å². The molecule has 1 heterocycles. The van der Waals surface area contributed by atoms with Gasteiger partial charge in [0.15, 0.2) is 0 Å². The second kappa shape index (κ2) is 8.14. The summed E-state index contributed by atoms with van der Waals surface area (Å²) < 4.78 is 27.4. The van der Waals surface area contributed by atoms with Crippen LogP contribution in [0.15, 0.2) is 65.6 Å². The minimum absolute atomic E-state index is 0.0254. The average molecular weight is 429 g/mol. The molecule has 1 amide bonds. The molecule has 150 valence electrons. The number of hydrogen-bond donors (Lipinski definition) is 1. The van der Waals surface area contributed by atoms with Crippen LogP contribution in [0.25, 0.3) is 10.8 Å². The van der Waals surface area contributed by atoms with Gasteiger partial charge >= 0.3 is 0 Å². The van der Waals surface area contributed by atoms with E-state index in [9.17, 15) is 13.2 Å². The Bertz CT molecular complexity index is 1170. The van der Waals surface area contributed by atoms with Crippen molar-refractivity contribution >= 4 is 44.0 Å². The van der Waals surface area contributed by atoms with Crippen molar-refractivity contribution in [3.63, 3.8) is 0 Å². The van der Waals surface area contributed by atoms with Gasteiger partial charge in [-0.05, 0) is 53.9 Å². The van der Waals surface area contributed by atoms with Crippen molar-refractivity contribution in [1.82, 2.24) is 4.31 Å². The highest BCUT2D eigenvalue weighted by atomic mass is 35.5. The number of nitrogens with zero attached hydrogens (tertiary/aromatic N) is 1. The molecule has 4 rings (SSSR count). The monoisotopic (exact) mass is 428 g/mol. The second-order valence-corrected chi connectivity index (χ2v) is 9.44. The normalized spacial score (nSPS) is 15.3. The molecule has 0 bridgehead atoms. The van der Waals surface area contributed by atoms with Crippen molar-refractivity contribution in [2.24, 2.45) is 0 Å². The van der Waals surface area contributed by atoms with Crippen molar-refractivity contribution in [3.8, 4) is 0 Å². The van der Waals surface area contributed by atoms with Crippen LogP contribution in [0.5, 0.6) is 0 Å². The van der Waals surface area contributed by atoms with Gasteiger partial charge in [-0.25, -0.2) is 8.42 Å². The van der Waals surface area contributed by atoms with Crippen LogP contribution in [0.2, 0.25) is 5.02 Å². The highest BCUT2D eigenvalue weighted by molar-refractivity contribution is 7.89. The van der Waals surface area contributed by atoms with Crippen molar-refractivity contribution in [2.45, 2.75) is 24.2 Å². The molecule has 5 nitrogen and oxygen atoms in total. The zero-order chi connectivity index (χ0) is 20.4. The first-order valence-corrected chi connectivity index (χ1v) is 11.4. The first kappa shape index (κ1) is 19.9. The fraction of sp³-hybridized carbons (Fsp3) is 0.227. The van der Waals surface area contributed by atoms with Crippen LogP contribution in [0, 0.1) is 0 Å². The number of benzene rings is 3. The smallest absolute Gasteiger partial charge is 0.255 e. The molecule has 1 saturated heterocycles. The maximum absolute atomic E-state index is 13.0. The summed E-state index contributed by atoms with van der Waals surface area (Å²) in [4.78, 5) is 12.7. The Morgan fingerprint density at radius 2 is 1.62 bits per heavy atom. The molecule has 0 radical (unpaired) electrons. The number of nitrogens with one attached hydrogen (secondary N) is 1. The summed E-state index contributed by atoms with van der Waals surface area (Å²) in [6.07, 6.45) is 2.71. The Morgan fingerprint density at radius 3 is 2.38 bits per heavy atom. The van der Waals surface area contributed by atoms with E-state index in [1.165, 1.54) is 16.4 Å². The SMILES string of the molecule is O=C(Nc1ccc(Cl)c(S(=O)(=O)N2CCCCC2)c1)c1ccc2ccccc2c1. The number of sulfonamides is 1. The van der Waals surface area contributed by atoms with E-state index in [2.05, 4.69) is 5.32 Å². The molecule has 1 aliphatic rings. The molecule has 1 fully saturated rings. The van der Waals surface area contributed by atoms with Gasteiger partial charge in [0.1, 0.15) is 4.90 Å². The number of amides is 1. The molecule has 1 aliphatic heterocycles. The first-order chi connectivity index (χ1) is 13.9. The van der Waals surface area contributed by atoms with Crippen LogP contribution in [0.3, 0.4) is 0 Å². The van der Waals surface area contributed by atoms with Crippen LogP contribution in [-0.2, 0) is 10.0 Å². The summed E-state index contributed by atoms with van der Waals surface area (Å²) >= 11 is 6.20. The fourth-order valence-corrected chi connectivity index (χ4v) is 5.57. The Kier molecular flexibility index (Phi) is 5.58. The van der Waals surface area contributed by atoms with Gasteiger partial charge in [-0.1, -0.05) is 48.4 Å². The van der Waals surface area contributed by atoms with E-state index < -0.39 is 10.0 Å². The molecule has 0 spiro atoms. The Hall–Kier alpha value is -2.41. The van der Waals surface area contributed by atoms with E-state index in [4.69, 9.17) is 11.6 Å². The zero-order valence-corrected chi connectivity index (χ0v) is 17.3. The number of piperidine rings is 1. The van der Waals surface area contributed by atoms with Crippen LogP contribution in [0.1, 0.15) is 29.6 Å². The Morgan fingerprint density at radius 1 is 0.897 bits per heavy atom. The van der Waals surface area contributed by atoms with Gasteiger partial charge in [0, 0.05) is 24.3 Å². The van der Waals surface area contributed by atoms with Gasteiger partial charge in [-0.15, -0.1) is 0 Å². The molecule has 0 aromatic heterocycles. The molecule has 7 heteroatoms. The van der Waals surface area contributed by atoms with Crippen molar-refractivity contribution in [1.29, 1.82) is 0 Å². The average Bonchev–Trinajstić information content (AvgIpc) is 2.75. The third-order valence-corrected chi connectivity index (χ3v) is 7.51. The van der Waals surface area contributed by atoms with Crippen LogP contribution in [0.4, 0.5) is 5.69 Å². The summed E-state index contributed by atoms with van der Waals surface area (Å²) in [7, 11) is -3.69. The minimum atomic E-state index is -3.69. The highest BCUT2D eigenvalue weighted by Crippen LogP contribution is 2.29. The summed E-state index contributed by atoms with van der Waals surface area (Å²) in [5.74, 6) is -0.306. The standard InChI is InChI=1S/C22H21ClN2O3S/c23-20-11-10-19(15-21(20)29(27,28)25-12-4-1-5-13-25)24-22(26)18-9-8-16-6-2-3-7-17(16)14-18/h2-3,6-11,14-15H,1,4-5,12-13H2,(H,24,26). The highest BCUT2D eigenvalue weighted by Gasteiger charge is 2.28. The predicted molar refractivity (Wildman–Crippen MR) is 116 cm³/mol. The fourth-order valence-electron chi connectivity index (χ4n) is 3.56. The van der Waals surface area contributed by atoms with E-state index >= 15 is 0 Å². The number of hydrogen-bond acceptors (Lipinski definition) is 3. The van der Waals surface area contributed by atoms with Gasteiger partial charge in [0.25, 0.3) is 5.91 Å². The second-order valence-electron chi connectivity index (χ2n) is 7.13. The van der Waals surface area contributed by atoms with Gasteiger partial charge in [0.2, 0.25) is 10.0 Å². The van der Waals surface area contributed by atoms with Crippen LogP contribution in [-0.4, -0.2) is 31.7 Å². The molecule has 1 N–H and O–H groups in total. The van der Waals surface area contributed by atoms with Crippen molar-refractivity contribution in [2.75, 3.05) is 18.4 Å².